The van der Waals surface area contributed by atoms with Crippen molar-refractivity contribution < 1.29 is 19.4 Å². The van der Waals surface area contributed by atoms with Crippen LogP contribution in [-0.2, 0) is 4.79 Å². The molecule has 17 heavy (non-hydrogen) atoms. The monoisotopic (exact) mass is 304 g/mol. The Morgan fingerprint density at radius 3 is 2.65 bits per heavy atom. The van der Waals surface area contributed by atoms with Gasteiger partial charge in [0.05, 0.1) is 12.0 Å². The number of benzene rings is 1. The minimum absolute atomic E-state index is 0.0223. The zero-order valence-corrected chi connectivity index (χ0v) is 10.9. The summed E-state index contributed by atoms with van der Waals surface area (Å²) >= 11 is 3.10. The van der Waals surface area contributed by atoms with Crippen molar-refractivity contribution in [3.63, 3.8) is 0 Å². The molecule has 94 valence electrons. The molecule has 5 heteroatoms. The van der Waals surface area contributed by atoms with Gasteiger partial charge in [-0.3, -0.25) is 4.79 Å². The summed E-state index contributed by atoms with van der Waals surface area (Å²) in [7, 11) is 0. The molecule has 0 saturated heterocycles. The van der Waals surface area contributed by atoms with Crippen LogP contribution in [-0.4, -0.2) is 16.2 Å². The largest absolute Gasteiger partial charge is 0.481 e. The van der Waals surface area contributed by atoms with Crippen LogP contribution in [0.4, 0.5) is 4.39 Å². The fraction of sp³-hybridized carbons (Fsp3) is 0.417. The lowest BCUT2D eigenvalue weighted by molar-refractivity contribution is -0.146. The molecule has 0 radical (unpaired) electrons. The number of hydrogen-bond donors (Lipinski definition) is 2. The first-order chi connectivity index (χ1) is 7.97. The molecule has 2 N–H and O–H groups in total. The summed E-state index contributed by atoms with van der Waals surface area (Å²) in [5.74, 6) is -2.69. The summed E-state index contributed by atoms with van der Waals surface area (Å²) in [6, 6.07) is 4.19. The Morgan fingerprint density at radius 1 is 1.53 bits per heavy atom. The molecule has 0 heterocycles. The van der Waals surface area contributed by atoms with Gasteiger partial charge in [-0.1, -0.05) is 35.3 Å². The minimum atomic E-state index is -1.32. The third kappa shape index (κ3) is 3.51. The smallest absolute Gasteiger partial charge is 0.309 e. The van der Waals surface area contributed by atoms with Gasteiger partial charge in [-0.15, -0.1) is 0 Å². The average molecular weight is 305 g/mol. The van der Waals surface area contributed by atoms with Crippen molar-refractivity contribution >= 4 is 21.9 Å². The van der Waals surface area contributed by atoms with Crippen molar-refractivity contribution in [1.29, 1.82) is 0 Å². The quantitative estimate of drug-likeness (QED) is 0.878. The van der Waals surface area contributed by atoms with Gasteiger partial charge in [0, 0.05) is 10.0 Å². The molecular weight excluding hydrogens is 291 g/mol. The Balaban J connectivity index is 3.00. The number of carboxylic acid groups (broad SMARTS) is 1. The van der Waals surface area contributed by atoms with Crippen molar-refractivity contribution in [3.05, 3.63) is 34.1 Å². The number of carboxylic acids is 1. The van der Waals surface area contributed by atoms with Crippen LogP contribution in [0.2, 0.25) is 0 Å². The first-order valence-corrected chi connectivity index (χ1v) is 6.12. The summed E-state index contributed by atoms with van der Waals surface area (Å²) in [6.07, 6.45) is -0.390. The second kappa shape index (κ2) is 6.12. The Morgan fingerprint density at radius 2 is 2.18 bits per heavy atom. The molecule has 1 aromatic rings. The van der Waals surface area contributed by atoms with Gasteiger partial charge < -0.3 is 10.2 Å². The van der Waals surface area contributed by atoms with Crippen molar-refractivity contribution in [2.75, 3.05) is 0 Å². The van der Waals surface area contributed by atoms with Gasteiger partial charge in [-0.25, -0.2) is 4.39 Å². The summed E-state index contributed by atoms with van der Waals surface area (Å²) in [4.78, 5) is 11.0. The number of rotatable bonds is 5. The number of aliphatic hydroxyl groups is 1. The molecule has 0 aliphatic carbocycles. The van der Waals surface area contributed by atoms with Gasteiger partial charge in [0.25, 0.3) is 0 Å². The van der Waals surface area contributed by atoms with Crippen molar-refractivity contribution in [2.24, 2.45) is 5.92 Å². The van der Waals surface area contributed by atoms with E-state index in [1.165, 1.54) is 12.1 Å². The second-order valence-corrected chi connectivity index (χ2v) is 4.76. The van der Waals surface area contributed by atoms with E-state index in [2.05, 4.69) is 15.9 Å². The summed E-state index contributed by atoms with van der Waals surface area (Å²) in [5.41, 5.74) is 0.0223. The molecule has 0 aliphatic rings. The van der Waals surface area contributed by atoms with Gasteiger partial charge in [-0.05, 0) is 18.6 Å². The molecule has 2 unspecified atom stereocenters. The minimum Gasteiger partial charge on any atom is -0.481 e. The van der Waals surface area contributed by atoms with Gasteiger partial charge in [0.1, 0.15) is 5.82 Å². The zero-order chi connectivity index (χ0) is 13.0. The SMILES string of the molecule is CCCC(C(=O)O)C(O)c1ccc(Br)cc1F. The predicted octanol–water partition coefficient (Wildman–Crippen LogP) is 3.12. The molecule has 3 nitrogen and oxygen atoms in total. The Bertz CT molecular complexity index is 409. The zero-order valence-electron chi connectivity index (χ0n) is 9.36. The van der Waals surface area contributed by atoms with Crippen molar-refractivity contribution in [1.82, 2.24) is 0 Å². The maximum Gasteiger partial charge on any atom is 0.309 e. The van der Waals surface area contributed by atoms with Gasteiger partial charge in [-0.2, -0.15) is 0 Å². The highest BCUT2D eigenvalue weighted by atomic mass is 79.9. The highest BCUT2D eigenvalue weighted by Gasteiger charge is 2.28. The molecule has 0 amide bonds. The summed E-state index contributed by atoms with van der Waals surface area (Å²) < 4.78 is 14.1. The van der Waals surface area contributed by atoms with Crippen LogP contribution in [0.3, 0.4) is 0 Å². The van der Waals surface area contributed by atoms with Gasteiger partial charge in [0.15, 0.2) is 0 Å². The van der Waals surface area contributed by atoms with E-state index in [9.17, 15) is 14.3 Å². The maximum atomic E-state index is 13.6. The normalized spacial score (nSPS) is 14.4. The molecule has 0 bridgehead atoms. The van der Waals surface area contributed by atoms with E-state index >= 15 is 0 Å². The molecule has 1 rings (SSSR count). The molecule has 0 fully saturated rings. The topological polar surface area (TPSA) is 57.5 Å². The molecule has 2 atom stereocenters. The summed E-state index contributed by atoms with van der Waals surface area (Å²) in [5, 5.41) is 18.9. The van der Waals surface area contributed by atoms with E-state index in [1.54, 1.807) is 6.07 Å². The van der Waals surface area contributed by atoms with Crippen molar-refractivity contribution in [2.45, 2.75) is 25.9 Å². The fourth-order valence-electron chi connectivity index (χ4n) is 1.69. The van der Waals surface area contributed by atoms with Crippen LogP contribution in [0.1, 0.15) is 31.4 Å². The molecule has 1 aromatic carbocycles. The third-order valence-corrected chi connectivity index (χ3v) is 3.07. The highest BCUT2D eigenvalue weighted by molar-refractivity contribution is 9.10. The first-order valence-electron chi connectivity index (χ1n) is 5.33. The average Bonchev–Trinajstić information content (AvgIpc) is 2.24. The van der Waals surface area contributed by atoms with E-state index in [4.69, 9.17) is 5.11 Å². The number of hydrogen-bond acceptors (Lipinski definition) is 2. The number of halogens is 2. The molecular formula is C12H14BrFO3. The standard InChI is InChI=1S/C12H14BrFO3/c1-2-3-9(12(16)17)11(15)8-5-4-7(13)6-10(8)14/h4-6,9,11,15H,2-3H2,1H3,(H,16,17). The maximum absolute atomic E-state index is 13.6. The van der Waals surface area contributed by atoms with Crippen molar-refractivity contribution in [3.8, 4) is 0 Å². The Kier molecular flexibility index (Phi) is 5.08. The lowest BCUT2D eigenvalue weighted by Gasteiger charge is -2.19. The van der Waals surface area contributed by atoms with Gasteiger partial charge >= 0.3 is 5.97 Å². The number of aliphatic hydroxyl groups excluding tert-OH is 1. The molecule has 0 aliphatic heterocycles. The Hall–Kier alpha value is -0.940. The van der Waals surface area contributed by atoms with E-state index in [0.717, 1.165) is 0 Å². The molecule has 0 saturated carbocycles. The fourth-order valence-corrected chi connectivity index (χ4v) is 2.02. The predicted molar refractivity (Wildman–Crippen MR) is 65.1 cm³/mol. The van der Waals surface area contributed by atoms with Crippen LogP contribution in [0.5, 0.6) is 0 Å². The van der Waals surface area contributed by atoms with E-state index in [-0.39, 0.29) is 5.56 Å². The van der Waals surface area contributed by atoms with Crippen LogP contribution in [0, 0.1) is 11.7 Å². The Labute approximate surface area is 107 Å². The van der Waals surface area contributed by atoms with E-state index in [0.29, 0.717) is 17.3 Å². The number of carbonyl (C=O) groups is 1. The lowest BCUT2D eigenvalue weighted by atomic mass is 9.92. The second-order valence-electron chi connectivity index (χ2n) is 3.84. The number of aliphatic carboxylic acids is 1. The van der Waals surface area contributed by atoms with Crippen LogP contribution < -0.4 is 0 Å². The first kappa shape index (κ1) is 14.1. The van der Waals surface area contributed by atoms with Crippen LogP contribution >= 0.6 is 15.9 Å². The molecule has 0 spiro atoms. The summed E-state index contributed by atoms with van der Waals surface area (Å²) in [6.45, 7) is 1.82. The van der Waals surface area contributed by atoms with Crippen LogP contribution in [0.25, 0.3) is 0 Å². The highest BCUT2D eigenvalue weighted by Crippen LogP contribution is 2.29. The van der Waals surface area contributed by atoms with E-state index in [1.807, 2.05) is 6.92 Å². The van der Waals surface area contributed by atoms with Gasteiger partial charge in [0.2, 0.25) is 0 Å². The van der Waals surface area contributed by atoms with E-state index < -0.39 is 23.8 Å². The third-order valence-electron chi connectivity index (χ3n) is 2.58. The van der Waals surface area contributed by atoms with Crippen LogP contribution in [0.15, 0.2) is 22.7 Å². The molecule has 0 aromatic heterocycles. The lowest BCUT2D eigenvalue weighted by Crippen LogP contribution is -2.22.